The number of sulfonamides is 1. The first-order valence-electron chi connectivity index (χ1n) is 9.72. The summed E-state index contributed by atoms with van der Waals surface area (Å²) in [6.07, 6.45) is -6.14. The van der Waals surface area contributed by atoms with E-state index in [2.05, 4.69) is 9.82 Å². The second-order valence-corrected chi connectivity index (χ2v) is 11.8. The third-order valence-electron chi connectivity index (χ3n) is 5.72. The fourth-order valence-electron chi connectivity index (χ4n) is 3.91. The largest absolute Gasteiger partial charge is 0.416 e. The lowest BCUT2D eigenvalue weighted by Crippen LogP contribution is -2.45. The van der Waals surface area contributed by atoms with E-state index in [1.165, 1.54) is 11.6 Å². The normalized spacial score (nSPS) is 22.8. The fourth-order valence-corrected chi connectivity index (χ4v) is 7.39. The molecule has 2 aromatic rings. The van der Waals surface area contributed by atoms with Gasteiger partial charge in [0.25, 0.3) is 0 Å². The van der Waals surface area contributed by atoms with Crippen molar-refractivity contribution < 1.29 is 34.4 Å². The minimum Gasteiger partial charge on any atom is -0.271 e. The van der Waals surface area contributed by atoms with Crippen LogP contribution in [0.5, 0.6) is 0 Å². The highest BCUT2D eigenvalue weighted by molar-refractivity contribution is 7.92. The Bertz CT molecular complexity index is 1230. The molecule has 0 atom stereocenters. The van der Waals surface area contributed by atoms with Crippen LogP contribution in [0.25, 0.3) is 0 Å². The van der Waals surface area contributed by atoms with Crippen LogP contribution >= 0.6 is 0 Å². The second-order valence-electron chi connectivity index (χ2n) is 7.93. The molecule has 1 aliphatic rings. The van der Waals surface area contributed by atoms with E-state index in [4.69, 9.17) is 0 Å². The van der Waals surface area contributed by atoms with Crippen molar-refractivity contribution in [3.8, 4) is 0 Å². The summed E-state index contributed by atoms with van der Waals surface area (Å²) in [5, 5.41) is 1.27. The Kier molecular flexibility index (Phi) is 6.24. The first-order chi connectivity index (χ1) is 14.6. The molecule has 1 fully saturated rings. The third kappa shape index (κ3) is 4.42. The molecule has 0 amide bonds. The van der Waals surface area contributed by atoms with Gasteiger partial charge in [-0.15, -0.1) is 0 Å². The summed E-state index contributed by atoms with van der Waals surface area (Å²) in [5.74, 6) is 0. The highest BCUT2D eigenvalue weighted by atomic mass is 32.2. The van der Waals surface area contributed by atoms with Crippen LogP contribution in [0, 0.1) is 13.8 Å². The first-order valence-corrected chi connectivity index (χ1v) is 12.7. The van der Waals surface area contributed by atoms with Crippen molar-refractivity contribution in [3.63, 3.8) is 0 Å². The van der Waals surface area contributed by atoms with Crippen LogP contribution < -0.4 is 4.72 Å². The Morgan fingerprint density at radius 3 is 2.22 bits per heavy atom. The molecule has 0 unspecified atom stereocenters. The van der Waals surface area contributed by atoms with Gasteiger partial charge in [-0.25, -0.2) is 25.9 Å². The Morgan fingerprint density at radius 2 is 1.72 bits per heavy atom. The molecule has 0 radical (unpaired) electrons. The molecule has 0 aliphatic heterocycles. The molecule has 3 rings (SSSR count). The van der Waals surface area contributed by atoms with Gasteiger partial charge in [0.1, 0.15) is 4.90 Å². The number of sulfone groups is 1. The quantitative estimate of drug-likeness (QED) is 0.639. The third-order valence-corrected chi connectivity index (χ3v) is 9.74. The van der Waals surface area contributed by atoms with Crippen LogP contribution in [0.2, 0.25) is 0 Å². The zero-order chi connectivity index (χ0) is 24.1. The van der Waals surface area contributed by atoms with Crippen molar-refractivity contribution in [1.29, 1.82) is 0 Å². The van der Waals surface area contributed by atoms with Crippen molar-refractivity contribution in [1.82, 2.24) is 14.5 Å². The van der Waals surface area contributed by atoms with Gasteiger partial charge >= 0.3 is 6.18 Å². The Morgan fingerprint density at radius 1 is 1.12 bits per heavy atom. The summed E-state index contributed by atoms with van der Waals surface area (Å²) >= 11 is 0. The first kappa shape index (κ1) is 24.6. The fraction of sp³-hybridized carbons (Fsp3) is 0.526. The SMILES string of the molecule is Cc1nn(C)c(C)c1S(=O)(=O)N[C@H]1CC[C@@](F)(S(=O)(=O)c2cccc(C(F)(F)F)c2)CC1. The van der Waals surface area contributed by atoms with E-state index in [1.54, 1.807) is 14.0 Å². The van der Waals surface area contributed by atoms with Crippen molar-refractivity contribution >= 4 is 19.9 Å². The highest BCUT2D eigenvalue weighted by Gasteiger charge is 2.48. The van der Waals surface area contributed by atoms with Gasteiger partial charge in [0, 0.05) is 13.1 Å². The second kappa shape index (κ2) is 8.10. The molecule has 0 spiro atoms. The highest BCUT2D eigenvalue weighted by Crippen LogP contribution is 2.41. The molecule has 178 valence electrons. The molecule has 1 heterocycles. The predicted octanol–water partition coefficient (Wildman–Crippen LogP) is 3.42. The summed E-state index contributed by atoms with van der Waals surface area (Å²) in [6.45, 7) is 3.13. The van der Waals surface area contributed by atoms with Crippen LogP contribution in [-0.2, 0) is 33.1 Å². The van der Waals surface area contributed by atoms with Crippen LogP contribution in [0.1, 0.15) is 42.6 Å². The summed E-state index contributed by atoms with van der Waals surface area (Å²) in [6, 6.07) is 2.24. The van der Waals surface area contributed by atoms with Crippen molar-refractivity contribution in [2.45, 2.75) is 66.5 Å². The zero-order valence-corrected chi connectivity index (χ0v) is 19.2. The molecule has 1 aromatic heterocycles. The van der Waals surface area contributed by atoms with Crippen LogP contribution in [0.15, 0.2) is 34.1 Å². The minimum atomic E-state index is -4.77. The molecule has 32 heavy (non-hydrogen) atoms. The van der Waals surface area contributed by atoms with Gasteiger partial charge in [-0.3, -0.25) is 4.68 Å². The van der Waals surface area contributed by atoms with E-state index in [0.717, 1.165) is 12.1 Å². The maximum absolute atomic E-state index is 15.5. The number of hydrogen-bond donors (Lipinski definition) is 1. The summed E-state index contributed by atoms with van der Waals surface area (Å²) < 4.78 is 109. The number of alkyl halides is 4. The smallest absolute Gasteiger partial charge is 0.271 e. The Hall–Kier alpha value is -1.99. The number of nitrogens with zero attached hydrogens (tertiary/aromatic N) is 2. The van der Waals surface area contributed by atoms with Gasteiger partial charge in [-0.05, 0) is 57.7 Å². The number of rotatable bonds is 5. The van der Waals surface area contributed by atoms with Crippen LogP contribution in [0.4, 0.5) is 17.6 Å². The Balaban J connectivity index is 1.78. The van der Waals surface area contributed by atoms with E-state index in [1.807, 2.05) is 0 Å². The molecular weight excluding hydrogens is 474 g/mol. The summed E-state index contributed by atoms with van der Waals surface area (Å²) in [4.78, 5) is -0.746. The molecule has 7 nitrogen and oxygen atoms in total. The van der Waals surface area contributed by atoms with Crippen molar-refractivity contribution in [2.24, 2.45) is 7.05 Å². The van der Waals surface area contributed by atoms with Gasteiger partial charge in [0.15, 0.2) is 0 Å². The predicted molar refractivity (Wildman–Crippen MR) is 108 cm³/mol. The van der Waals surface area contributed by atoms with Crippen LogP contribution in [0.3, 0.4) is 0 Å². The number of nitrogens with one attached hydrogen (secondary N) is 1. The molecule has 1 aromatic carbocycles. The summed E-state index contributed by atoms with van der Waals surface area (Å²) in [5.41, 5.74) is -0.483. The van der Waals surface area contributed by atoms with Gasteiger partial charge in [0.2, 0.25) is 24.9 Å². The standard InChI is InChI=1S/C19H23F4N3O4S2/c1-12-17(13(2)26(3)24-12)32(29,30)25-15-7-9-18(20,10-8-15)31(27,28)16-6-4-5-14(11-16)19(21,22)23/h4-6,11,15,25H,7-10H2,1-3H3/t15-,18+. The molecule has 13 heteroatoms. The number of hydrogen-bond acceptors (Lipinski definition) is 5. The van der Waals surface area contributed by atoms with E-state index < -0.39 is 60.4 Å². The number of aryl methyl sites for hydroxylation is 2. The van der Waals surface area contributed by atoms with Gasteiger partial charge in [-0.2, -0.15) is 18.3 Å². The monoisotopic (exact) mass is 497 g/mol. The van der Waals surface area contributed by atoms with Gasteiger partial charge < -0.3 is 0 Å². The molecule has 0 saturated heterocycles. The average molecular weight is 498 g/mol. The lowest BCUT2D eigenvalue weighted by molar-refractivity contribution is -0.137. The lowest BCUT2D eigenvalue weighted by atomic mass is 9.94. The minimum absolute atomic E-state index is 0.00803. The number of benzene rings is 1. The van der Waals surface area contributed by atoms with E-state index in [0.29, 0.717) is 23.5 Å². The van der Waals surface area contributed by atoms with Crippen LogP contribution in [-0.4, -0.2) is 37.7 Å². The van der Waals surface area contributed by atoms with E-state index in [-0.39, 0.29) is 17.7 Å². The van der Waals surface area contributed by atoms with Crippen molar-refractivity contribution in [3.05, 3.63) is 41.2 Å². The number of aromatic nitrogens is 2. The molecule has 1 aliphatic carbocycles. The molecule has 1 saturated carbocycles. The summed E-state index contributed by atoms with van der Waals surface area (Å²) in [7, 11) is -7.11. The Labute approximate surface area is 183 Å². The molecule has 0 bridgehead atoms. The topological polar surface area (TPSA) is 98.1 Å². The maximum atomic E-state index is 15.5. The maximum Gasteiger partial charge on any atom is 0.416 e. The molecular formula is C19H23F4N3O4S2. The zero-order valence-electron chi connectivity index (χ0n) is 17.6. The number of halogens is 4. The van der Waals surface area contributed by atoms with Gasteiger partial charge in [-0.1, -0.05) is 6.07 Å². The molecule has 1 N–H and O–H groups in total. The average Bonchev–Trinajstić information content (AvgIpc) is 2.95. The van der Waals surface area contributed by atoms with Crippen molar-refractivity contribution in [2.75, 3.05) is 0 Å². The lowest BCUT2D eigenvalue weighted by Gasteiger charge is -2.33. The van der Waals surface area contributed by atoms with E-state index in [9.17, 15) is 30.0 Å². The van der Waals surface area contributed by atoms with E-state index >= 15 is 4.39 Å². The van der Waals surface area contributed by atoms with Gasteiger partial charge in [0.05, 0.1) is 21.8 Å².